The Kier molecular flexibility index (Phi) is 13.0. The van der Waals surface area contributed by atoms with E-state index in [0.717, 1.165) is 27.7 Å². The number of hydrogen-bond acceptors (Lipinski definition) is 17. The molecule has 0 aromatic heterocycles. The highest BCUT2D eigenvalue weighted by Gasteiger charge is 2.56. The highest BCUT2D eigenvalue weighted by Crippen LogP contribution is 2.34. The molecule has 3 fully saturated rings. The van der Waals surface area contributed by atoms with Crippen molar-refractivity contribution >= 4 is 23.8 Å². The van der Waals surface area contributed by atoms with Crippen molar-refractivity contribution in [3.63, 3.8) is 0 Å². The van der Waals surface area contributed by atoms with Crippen molar-refractivity contribution in [2.75, 3.05) is 13.2 Å². The molecule has 3 saturated heterocycles. The Bertz CT molecular complexity index is 1050. The summed E-state index contributed by atoms with van der Waals surface area (Å²) in [6, 6.07) is -2.80. The molecule has 0 saturated carbocycles. The number of ether oxygens (including phenoxy) is 7. The molecule has 0 bridgehead atoms. The fourth-order valence-corrected chi connectivity index (χ4v) is 5.44. The first-order valence-electron chi connectivity index (χ1n) is 14.2. The van der Waals surface area contributed by atoms with Crippen molar-refractivity contribution in [2.24, 2.45) is 0 Å². The first-order valence-corrected chi connectivity index (χ1v) is 14.2. The molecule has 0 unspecified atom stereocenters. The Labute approximate surface area is 257 Å². The monoisotopic (exact) mass is 654 g/mol. The molecule has 45 heavy (non-hydrogen) atoms. The third kappa shape index (κ3) is 8.83. The van der Waals surface area contributed by atoms with Gasteiger partial charge in [-0.25, -0.2) is 0 Å². The number of rotatable bonds is 10. The van der Waals surface area contributed by atoms with Crippen molar-refractivity contribution in [3.05, 3.63) is 0 Å². The van der Waals surface area contributed by atoms with Crippen LogP contribution in [0, 0.1) is 0 Å². The molecule has 19 heteroatoms. The zero-order valence-electron chi connectivity index (χ0n) is 25.2. The summed E-state index contributed by atoms with van der Waals surface area (Å²) < 4.78 is 39.7. The van der Waals surface area contributed by atoms with Gasteiger partial charge in [0.15, 0.2) is 31.1 Å². The van der Waals surface area contributed by atoms with Crippen LogP contribution >= 0.6 is 0 Å². The average Bonchev–Trinajstić information content (AvgIpc) is 2.94. The molecule has 258 valence electrons. The van der Waals surface area contributed by atoms with Crippen LogP contribution in [0.1, 0.15) is 34.6 Å². The van der Waals surface area contributed by atoms with Crippen LogP contribution in [0.5, 0.6) is 0 Å². The minimum Gasteiger partial charge on any atom is -0.455 e. The van der Waals surface area contributed by atoms with E-state index >= 15 is 0 Å². The lowest BCUT2D eigenvalue weighted by Gasteiger charge is -2.49. The first kappa shape index (κ1) is 36.9. The van der Waals surface area contributed by atoms with E-state index in [-0.39, 0.29) is 0 Å². The molecule has 2 amide bonds. The standard InChI is InChI=1S/C26H42N2O17/c1-8-20(44-25-15(27-9(2)31)19(37)17(35)13(6-29)43-25)22(40-11(4)33)23(41-12(5)34)26(39-8)45-21-16(28-10(3)32)24(38)42-14(7-30)18(21)36/h8,13-26,29-30,35-38H,6-7H2,1-5H3,(H,27,31)(H,28,32)/t8-,13+,14+,15+,16+,17-,18+,19+,20-,21+,22+,23+,24+,25-,26-/m0/s1. The second kappa shape index (κ2) is 15.8. The number of nitrogens with one attached hydrogen (secondary N) is 2. The molecule has 0 aliphatic carbocycles. The summed E-state index contributed by atoms with van der Waals surface area (Å²) >= 11 is 0. The summed E-state index contributed by atoms with van der Waals surface area (Å²) in [6.45, 7) is 4.29. The maximum Gasteiger partial charge on any atom is 0.303 e. The Morgan fingerprint density at radius 2 is 1.13 bits per heavy atom. The summed E-state index contributed by atoms with van der Waals surface area (Å²) in [5.74, 6) is -3.04. The Morgan fingerprint density at radius 1 is 0.622 bits per heavy atom. The van der Waals surface area contributed by atoms with E-state index < -0.39 is 129 Å². The van der Waals surface area contributed by atoms with Gasteiger partial charge in [-0.05, 0) is 6.92 Å². The molecule has 19 nitrogen and oxygen atoms in total. The van der Waals surface area contributed by atoms with Gasteiger partial charge < -0.3 is 74.4 Å². The Morgan fingerprint density at radius 3 is 1.67 bits per heavy atom. The fourth-order valence-electron chi connectivity index (χ4n) is 5.44. The van der Waals surface area contributed by atoms with Crippen LogP contribution in [0.3, 0.4) is 0 Å². The van der Waals surface area contributed by atoms with Crippen molar-refractivity contribution in [1.82, 2.24) is 10.6 Å². The van der Waals surface area contributed by atoms with Gasteiger partial charge in [0.25, 0.3) is 0 Å². The molecule has 8 N–H and O–H groups in total. The van der Waals surface area contributed by atoms with Gasteiger partial charge in [-0.3, -0.25) is 19.2 Å². The molecule has 0 aromatic carbocycles. The molecular formula is C26H42N2O17. The van der Waals surface area contributed by atoms with Crippen LogP contribution in [-0.2, 0) is 52.3 Å². The SMILES string of the molecule is CC(=O)N[C@@H]1[C@@H](O[C@@H]2O[C@@H](C)[C@H](O[C@@H]3O[C@H](CO)[C@H](O)[C@H](O)[C@H]3NC(C)=O)[C@@H](OC(C)=O)[C@H]2OC(C)=O)[C@H](O)[C@@H](CO)O[C@H]1O. The predicted octanol–water partition coefficient (Wildman–Crippen LogP) is -5.12. The second-order valence-electron chi connectivity index (χ2n) is 11.0. The van der Waals surface area contributed by atoms with Crippen LogP contribution in [-0.4, -0.2) is 160 Å². The van der Waals surface area contributed by atoms with Crippen molar-refractivity contribution in [3.8, 4) is 0 Å². The van der Waals surface area contributed by atoms with Crippen LogP contribution in [0.15, 0.2) is 0 Å². The summed E-state index contributed by atoms with van der Waals surface area (Å²) in [6.07, 6.45) is -19.9. The van der Waals surface area contributed by atoms with E-state index in [1.807, 2.05) is 0 Å². The lowest BCUT2D eigenvalue weighted by Crippen LogP contribution is -2.69. The van der Waals surface area contributed by atoms with E-state index in [1.165, 1.54) is 6.92 Å². The molecule has 0 aromatic rings. The number of carbonyl (C=O) groups is 4. The largest absolute Gasteiger partial charge is 0.455 e. The van der Waals surface area contributed by atoms with E-state index in [1.54, 1.807) is 0 Å². The lowest BCUT2D eigenvalue weighted by atomic mass is 9.94. The van der Waals surface area contributed by atoms with E-state index in [4.69, 9.17) is 33.2 Å². The summed E-state index contributed by atoms with van der Waals surface area (Å²) in [4.78, 5) is 48.3. The van der Waals surface area contributed by atoms with Gasteiger partial charge in [-0.1, -0.05) is 0 Å². The second-order valence-corrected chi connectivity index (χ2v) is 11.0. The normalized spacial score (nSPS) is 41.9. The van der Waals surface area contributed by atoms with Crippen LogP contribution < -0.4 is 10.6 Å². The minimum absolute atomic E-state index is 0.631. The highest BCUT2D eigenvalue weighted by molar-refractivity contribution is 5.73. The smallest absolute Gasteiger partial charge is 0.303 e. The third-order valence-corrected chi connectivity index (χ3v) is 7.41. The molecular weight excluding hydrogens is 612 g/mol. The zero-order chi connectivity index (χ0) is 33.7. The highest BCUT2D eigenvalue weighted by atomic mass is 16.8. The predicted molar refractivity (Wildman–Crippen MR) is 142 cm³/mol. The van der Waals surface area contributed by atoms with Gasteiger partial charge >= 0.3 is 11.9 Å². The van der Waals surface area contributed by atoms with Gasteiger partial charge in [-0.15, -0.1) is 0 Å². The van der Waals surface area contributed by atoms with Crippen molar-refractivity contribution in [2.45, 2.75) is 127 Å². The maximum absolute atomic E-state index is 12.3. The summed E-state index contributed by atoms with van der Waals surface area (Å²) in [7, 11) is 0. The number of aliphatic hydroxyl groups is 6. The van der Waals surface area contributed by atoms with Crippen molar-refractivity contribution in [1.29, 1.82) is 0 Å². The average molecular weight is 655 g/mol. The quantitative estimate of drug-likeness (QED) is 0.102. The Balaban J connectivity index is 1.99. The zero-order valence-corrected chi connectivity index (χ0v) is 25.2. The number of amides is 2. The fraction of sp³-hybridized carbons (Fsp3) is 0.846. The van der Waals surface area contributed by atoms with Gasteiger partial charge in [-0.2, -0.15) is 0 Å². The van der Waals surface area contributed by atoms with Gasteiger partial charge in [0.1, 0.15) is 54.8 Å². The van der Waals surface area contributed by atoms with Crippen LogP contribution in [0.2, 0.25) is 0 Å². The first-order chi connectivity index (χ1) is 21.1. The van der Waals surface area contributed by atoms with Crippen molar-refractivity contribution < 1.29 is 83.0 Å². The Hall–Kier alpha value is -2.56. The van der Waals surface area contributed by atoms with Gasteiger partial charge in [0, 0.05) is 27.7 Å². The lowest BCUT2D eigenvalue weighted by molar-refractivity contribution is -0.361. The van der Waals surface area contributed by atoms with E-state index in [2.05, 4.69) is 10.6 Å². The molecule has 3 rings (SSSR count). The molecule has 3 aliphatic rings. The molecule has 3 aliphatic heterocycles. The minimum atomic E-state index is -1.76. The van der Waals surface area contributed by atoms with E-state index in [9.17, 15) is 49.8 Å². The molecule has 0 radical (unpaired) electrons. The van der Waals surface area contributed by atoms with Gasteiger partial charge in [0.05, 0.1) is 19.3 Å². The van der Waals surface area contributed by atoms with Gasteiger partial charge in [0.2, 0.25) is 11.8 Å². The van der Waals surface area contributed by atoms with Crippen LogP contribution in [0.4, 0.5) is 0 Å². The molecule has 15 atom stereocenters. The number of carbonyl (C=O) groups excluding carboxylic acids is 4. The topological polar surface area (TPSA) is 278 Å². The molecule has 0 spiro atoms. The number of hydrogen-bond donors (Lipinski definition) is 8. The summed E-state index contributed by atoms with van der Waals surface area (Å²) in [5, 5.41) is 66.6. The number of esters is 2. The third-order valence-electron chi connectivity index (χ3n) is 7.41. The summed E-state index contributed by atoms with van der Waals surface area (Å²) in [5.41, 5.74) is 0. The number of aliphatic hydroxyl groups excluding tert-OH is 6. The van der Waals surface area contributed by atoms with Crippen LogP contribution in [0.25, 0.3) is 0 Å². The maximum atomic E-state index is 12.3. The molecule has 3 heterocycles. The van der Waals surface area contributed by atoms with E-state index in [0.29, 0.717) is 0 Å².